The van der Waals surface area contributed by atoms with E-state index < -0.39 is 414 Å². The Bertz CT molecular complexity index is 3660. The van der Waals surface area contributed by atoms with E-state index in [0.717, 1.165) is 34.6 Å². The number of aliphatic hydroxyl groups excluding tert-OH is 27. The van der Waals surface area contributed by atoms with Gasteiger partial charge in [0.05, 0.1) is 71.7 Å². The number of carbonyl (C=O) groups is 6. The third-order valence-electron chi connectivity index (χ3n) is 23.8. The van der Waals surface area contributed by atoms with Crippen molar-refractivity contribution in [2.75, 3.05) is 59.5 Å². The lowest BCUT2D eigenvalue weighted by Gasteiger charge is -2.52. The number of carboxylic acid groups (broad SMARTS) is 1. The first-order valence-corrected chi connectivity index (χ1v) is 41.6. The molecule has 0 aliphatic carbocycles. The van der Waals surface area contributed by atoms with Gasteiger partial charge >= 0.3 is 5.97 Å². The van der Waals surface area contributed by atoms with Gasteiger partial charge in [0.1, 0.15) is 238 Å². The summed E-state index contributed by atoms with van der Waals surface area (Å²) in [6, 6.07) is -9.51. The summed E-state index contributed by atoms with van der Waals surface area (Å²) in [7, 11) is 0. The molecule has 0 radical (unpaired) electrons. The van der Waals surface area contributed by atoms with E-state index >= 15 is 0 Å². The number of nitrogens with one attached hydrogen (secondary N) is 5. The van der Waals surface area contributed by atoms with Gasteiger partial charge in [-0.15, -0.1) is 0 Å². The molecule has 5 amide bonds. The second kappa shape index (κ2) is 46.6. The van der Waals surface area contributed by atoms with E-state index in [1.807, 2.05) is 0 Å². The number of rotatable bonds is 35. The number of aliphatic hydroxyl groups is 27. The SMILES string of the molecule is CC(=O)N[C@@H]1[C@@H](O[C@@H]2O[C@H](CO)[C@H](O[C@@H]3O[C@H](CO)[C@H](O[C@H]4O[C@H](CO)[C@@H](O)[C@H](O)[C@H]4NC(C)=O)[C@H](O)[C@H]3O)[C@H](O[C@]3(C(=O)O)C[C@H](O)[C@@H](O)[C@H]([C@H](O)[C@H](O)CO)O3)[C@H]2O)[C@@H](O)[C@@H](CO[C@@H]2O[C@H](CO)[C@@H](O[C@@H]3O[C@@H](C)[C@@H](O)[C@@H](O)[C@@H]3O)[C@H](O[C@@H]3O[C@H](CO)[C@@H](O[C@@H]4O[C@H](CO)[C@H](O[C@H]5O[C@H](CO)[C@@H](O)[C@H](O)[C@H]5NC(C)=O)[C@H](O)[C@H]4O)[C@H](O)[C@H]3NC(C)=O)[C@H]2NC(C)=O)O[C@@H]1O. The monoisotopic (exact) mass is 1920 g/mol. The summed E-state index contributed by atoms with van der Waals surface area (Å²) in [4.78, 5) is 78.5. The number of amides is 5. The summed E-state index contributed by atoms with van der Waals surface area (Å²) in [6.45, 7) is -4.72. The molecule has 0 unspecified atom stereocenters. The summed E-state index contributed by atoms with van der Waals surface area (Å²) < 4.78 is 114. The lowest BCUT2D eigenvalue weighted by Crippen LogP contribution is -2.72. The summed E-state index contributed by atoms with van der Waals surface area (Å²) in [6.07, 6.45) is -98.3. The predicted octanol–water partition coefficient (Wildman–Crippen LogP) is -21.9. The normalized spacial score (nSPS) is 47.5. The highest BCUT2D eigenvalue weighted by molar-refractivity contribution is 5.76. The van der Waals surface area contributed by atoms with Crippen LogP contribution in [-0.2, 0) is 119 Å². The second-order valence-corrected chi connectivity index (χ2v) is 33.1. The Hall–Kier alpha value is -5.02. The molecule has 51 atom stereocenters. The number of carbonyl (C=O) groups excluding carboxylic acids is 5. The van der Waals surface area contributed by atoms with Gasteiger partial charge in [-0.1, -0.05) is 0 Å². The first kappa shape index (κ1) is 108. The Morgan fingerprint density at radius 1 is 0.328 bits per heavy atom. The molecule has 0 aromatic carbocycles. The number of hydrogen-bond donors (Lipinski definition) is 33. The van der Waals surface area contributed by atoms with Gasteiger partial charge in [-0.3, -0.25) is 24.0 Å². The van der Waals surface area contributed by atoms with Gasteiger partial charge in [0.2, 0.25) is 29.5 Å². The van der Waals surface area contributed by atoms with Crippen molar-refractivity contribution < 1.29 is 262 Å². The van der Waals surface area contributed by atoms with Crippen molar-refractivity contribution >= 4 is 35.5 Å². The van der Waals surface area contributed by atoms with Crippen molar-refractivity contribution in [3.63, 3.8) is 0 Å². The highest BCUT2D eigenvalue weighted by Crippen LogP contribution is 2.44. The third-order valence-corrected chi connectivity index (χ3v) is 23.8. The average molecular weight is 1920 g/mol. The number of hydrogen-bond acceptors (Lipinski definition) is 52. The summed E-state index contributed by atoms with van der Waals surface area (Å²) in [5.41, 5.74) is 0. The Labute approximate surface area is 741 Å². The molecule has 0 saturated carbocycles. The van der Waals surface area contributed by atoms with Gasteiger partial charge in [-0.25, -0.2) is 4.79 Å². The van der Waals surface area contributed by atoms with E-state index in [9.17, 15) is 172 Å². The molecule has 10 heterocycles. The van der Waals surface area contributed by atoms with Gasteiger partial charge in [0, 0.05) is 41.0 Å². The van der Waals surface area contributed by atoms with Crippen LogP contribution < -0.4 is 26.6 Å². The Morgan fingerprint density at radius 3 is 1.11 bits per heavy atom. The number of ether oxygens (including phenoxy) is 19. The van der Waals surface area contributed by atoms with Gasteiger partial charge < -0.3 is 260 Å². The standard InChI is InChI=1S/C73H121N5O53/c1-17-38(94)47(103)50(106)68(114-17)126-57-30(14-85)118-64(37(78-22(6)91)60(57)129-67-35(76-20(4)89)46(102)54(27(11-82)119-67)125-69-51(107)48(104)55(28(12-83)120-69)123-65-33(74-18(2)87)44(100)41(97)25(9-80)116-65)113-16-32-43(99)59(36(63(110)115-32)77-21(5)90)128-71-53(109)62(131-73(72(111)112)7-23(92)39(95)61(130-73)40(96)24(93)8-79)58(31(15-86)122-71)127-70-52(108)49(105)56(29(13-84)121-70)124-66-34(75-19(3)88)45(101)42(98)26(10-81)117-66/h17,23-71,79-86,92-110H,7-16H2,1-6H3,(H,74,87)(H,75,88)(H,76,89)(H,77,90)(H,78,91)(H,111,112)/t17-,23-,24+,25+,26+,27+,28+,29+,30+,31+,32+,33+,34+,35+,36+,37+,38+,39+,40+,41+,42+,43-,44+,45+,46+,47+,48+,49+,50-,51+,52+,53+,54+,55-,56-,57+,58-,59+,60+,61+,62+,63-,64+,65+,66+,67-,68-,69-,70-,71-,73-/m0/s1. The maximum atomic E-state index is 13.8. The fourth-order valence-corrected chi connectivity index (χ4v) is 17.0. The summed E-state index contributed by atoms with van der Waals surface area (Å²) in [5, 5.41) is 325. The van der Waals surface area contributed by atoms with Crippen LogP contribution in [0.1, 0.15) is 48.0 Å². The van der Waals surface area contributed by atoms with E-state index in [1.54, 1.807) is 0 Å². The van der Waals surface area contributed by atoms with Crippen LogP contribution >= 0.6 is 0 Å². The molecule has 33 N–H and O–H groups in total. The lowest BCUT2D eigenvalue weighted by molar-refractivity contribution is -0.407. The van der Waals surface area contributed by atoms with Crippen LogP contribution in [0.2, 0.25) is 0 Å². The lowest BCUT2D eigenvalue weighted by atomic mass is 9.90. The van der Waals surface area contributed by atoms with Crippen LogP contribution in [-0.4, -0.2) is 550 Å². The molecule has 756 valence electrons. The van der Waals surface area contributed by atoms with Crippen LogP contribution in [0, 0.1) is 0 Å². The Morgan fingerprint density at radius 2 is 0.672 bits per heavy atom. The summed E-state index contributed by atoms with van der Waals surface area (Å²) in [5.74, 6) is -10.6. The topological polar surface area (TPSA) is 904 Å². The zero-order valence-electron chi connectivity index (χ0n) is 70.7. The van der Waals surface area contributed by atoms with E-state index in [2.05, 4.69) is 26.6 Å². The first-order chi connectivity index (χ1) is 61.8. The van der Waals surface area contributed by atoms with Gasteiger partial charge in [-0.05, 0) is 6.92 Å². The predicted molar refractivity (Wildman–Crippen MR) is 403 cm³/mol. The largest absolute Gasteiger partial charge is 0.477 e. The van der Waals surface area contributed by atoms with E-state index in [-0.39, 0.29) is 0 Å². The molecule has 131 heavy (non-hydrogen) atoms. The van der Waals surface area contributed by atoms with E-state index in [1.165, 1.54) is 6.92 Å². The van der Waals surface area contributed by atoms with Gasteiger partial charge in [0.25, 0.3) is 5.79 Å². The minimum atomic E-state index is -3.56. The fourth-order valence-electron chi connectivity index (χ4n) is 17.0. The molecule has 0 spiro atoms. The van der Waals surface area contributed by atoms with Gasteiger partial charge in [-0.2, -0.15) is 0 Å². The highest BCUT2D eigenvalue weighted by atomic mass is 16.8. The molecule has 58 nitrogen and oxygen atoms in total. The van der Waals surface area contributed by atoms with Crippen LogP contribution in [0.15, 0.2) is 0 Å². The van der Waals surface area contributed by atoms with Crippen LogP contribution in [0.4, 0.5) is 0 Å². The molecule has 10 saturated heterocycles. The van der Waals surface area contributed by atoms with Crippen LogP contribution in [0.3, 0.4) is 0 Å². The maximum absolute atomic E-state index is 13.8. The van der Waals surface area contributed by atoms with Crippen LogP contribution in [0.5, 0.6) is 0 Å². The molecule has 0 aromatic rings. The number of carboxylic acids is 1. The molecule has 0 bridgehead atoms. The maximum Gasteiger partial charge on any atom is 0.364 e. The Balaban J connectivity index is 0.954. The van der Waals surface area contributed by atoms with Crippen molar-refractivity contribution in [2.24, 2.45) is 0 Å². The third kappa shape index (κ3) is 23.9. The first-order valence-electron chi connectivity index (χ1n) is 41.6. The zero-order chi connectivity index (χ0) is 96.9. The second-order valence-electron chi connectivity index (χ2n) is 33.1. The average Bonchev–Trinajstić information content (AvgIpc) is 0.751. The Kier molecular flexibility index (Phi) is 38.4. The minimum absolute atomic E-state index is 0.795. The van der Waals surface area contributed by atoms with Crippen molar-refractivity contribution in [1.29, 1.82) is 0 Å². The molecular weight excluding hydrogens is 1790 g/mol. The van der Waals surface area contributed by atoms with Crippen molar-refractivity contribution in [2.45, 2.75) is 360 Å². The van der Waals surface area contributed by atoms with E-state index in [4.69, 9.17) is 90.0 Å². The molecule has 10 fully saturated rings. The molecule has 10 rings (SSSR count). The molecular formula is C73H121N5O53. The molecule has 10 aliphatic heterocycles. The minimum Gasteiger partial charge on any atom is -0.477 e. The quantitative estimate of drug-likeness (QED) is 0.0280. The van der Waals surface area contributed by atoms with Crippen molar-refractivity contribution in [3.8, 4) is 0 Å². The zero-order valence-corrected chi connectivity index (χ0v) is 70.7. The highest BCUT2D eigenvalue weighted by Gasteiger charge is 2.65. The fraction of sp³-hybridized carbons (Fsp3) is 0.918. The van der Waals surface area contributed by atoms with Gasteiger partial charge in [0.15, 0.2) is 56.6 Å². The van der Waals surface area contributed by atoms with Crippen molar-refractivity contribution in [3.05, 3.63) is 0 Å². The van der Waals surface area contributed by atoms with Crippen LogP contribution in [0.25, 0.3) is 0 Å². The molecule has 10 aliphatic rings. The van der Waals surface area contributed by atoms with Crippen molar-refractivity contribution in [1.82, 2.24) is 26.6 Å². The summed E-state index contributed by atoms with van der Waals surface area (Å²) >= 11 is 0. The molecule has 58 heteroatoms. The number of aliphatic carboxylic acids is 1. The molecule has 0 aromatic heterocycles. The smallest absolute Gasteiger partial charge is 0.364 e. The van der Waals surface area contributed by atoms with E-state index in [0.29, 0.717) is 0 Å².